The van der Waals surface area contributed by atoms with Crippen LogP contribution in [0.25, 0.3) is 0 Å². The van der Waals surface area contributed by atoms with Gasteiger partial charge in [-0.2, -0.15) is 0 Å². The van der Waals surface area contributed by atoms with E-state index in [0.717, 1.165) is 5.56 Å². The van der Waals surface area contributed by atoms with Crippen LogP contribution in [0.4, 0.5) is 0 Å². The number of amides is 1. The maximum Gasteiger partial charge on any atom is 0.341 e. The molecule has 3 aromatic rings. The lowest BCUT2D eigenvalue weighted by atomic mass is 9.82. The maximum atomic E-state index is 14.0. The van der Waals surface area contributed by atoms with E-state index in [0.29, 0.717) is 17.7 Å². The molecule has 182 valence electrons. The van der Waals surface area contributed by atoms with Crippen molar-refractivity contribution in [1.29, 1.82) is 0 Å². The topological polar surface area (TPSA) is 67.9 Å². The van der Waals surface area contributed by atoms with E-state index >= 15 is 0 Å². The van der Waals surface area contributed by atoms with Gasteiger partial charge in [0, 0.05) is 0 Å². The first-order valence-electron chi connectivity index (χ1n) is 11.8. The van der Waals surface area contributed by atoms with Gasteiger partial charge in [0.15, 0.2) is 5.54 Å². The zero-order valence-corrected chi connectivity index (χ0v) is 20.6. The lowest BCUT2D eigenvalue weighted by molar-refractivity contribution is -0.151. The van der Waals surface area contributed by atoms with Crippen LogP contribution in [0.2, 0.25) is 0 Å². The average Bonchev–Trinajstić information content (AvgIpc) is 3.22. The standard InChI is InChI=1S/C29H32N2O4/c1-21(31-25(20-35-28(31,2)3)22-14-8-5-9-15-22)26(32)30-29(27(33)34-4,23-16-10-6-11-17-23)24-18-12-7-13-19-24/h5-19,21,25H,20H2,1-4H3,(H,30,32)/t21-,25-/m0/s1. The van der Waals surface area contributed by atoms with Crippen LogP contribution in [0.1, 0.15) is 43.5 Å². The summed E-state index contributed by atoms with van der Waals surface area (Å²) in [5.74, 6) is -0.866. The monoisotopic (exact) mass is 472 g/mol. The molecule has 6 nitrogen and oxygen atoms in total. The minimum atomic E-state index is -1.50. The van der Waals surface area contributed by atoms with Crippen LogP contribution in [0.3, 0.4) is 0 Å². The van der Waals surface area contributed by atoms with E-state index < -0.39 is 23.3 Å². The molecule has 0 saturated carbocycles. The lowest BCUT2D eigenvalue weighted by Crippen LogP contribution is -2.59. The van der Waals surface area contributed by atoms with Crippen molar-refractivity contribution in [3.63, 3.8) is 0 Å². The molecule has 1 heterocycles. The fourth-order valence-corrected chi connectivity index (χ4v) is 5.02. The number of hydrogen-bond acceptors (Lipinski definition) is 5. The molecule has 0 radical (unpaired) electrons. The Labute approximate surface area is 206 Å². The predicted molar refractivity (Wildman–Crippen MR) is 134 cm³/mol. The fraction of sp³-hybridized carbons (Fsp3) is 0.310. The molecule has 1 aliphatic rings. The summed E-state index contributed by atoms with van der Waals surface area (Å²) in [7, 11) is 1.33. The highest BCUT2D eigenvalue weighted by Gasteiger charge is 2.49. The number of methoxy groups -OCH3 is 1. The number of hydrogen-bond donors (Lipinski definition) is 1. The van der Waals surface area contributed by atoms with Crippen molar-refractivity contribution < 1.29 is 19.1 Å². The Morgan fingerprint density at radius 1 is 0.943 bits per heavy atom. The van der Waals surface area contributed by atoms with Crippen molar-refractivity contribution in [2.24, 2.45) is 0 Å². The quantitative estimate of drug-likeness (QED) is 0.516. The molecule has 6 heteroatoms. The first kappa shape index (κ1) is 24.6. The summed E-state index contributed by atoms with van der Waals surface area (Å²) in [6.45, 7) is 6.23. The smallest absolute Gasteiger partial charge is 0.341 e. The SMILES string of the molecule is COC(=O)C(NC(=O)[C@H](C)N1[C@H](c2ccccc2)COC1(C)C)(c1ccccc1)c1ccccc1. The molecule has 35 heavy (non-hydrogen) atoms. The van der Waals surface area contributed by atoms with Gasteiger partial charge in [-0.1, -0.05) is 91.0 Å². The van der Waals surface area contributed by atoms with Crippen LogP contribution in [0.15, 0.2) is 91.0 Å². The Balaban J connectivity index is 1.76. The van der Waals surface area contributed by atoms with E-state index in [1.807, 2.05) is 112 Å². The number of nitrogens with zero attached hydrogens (tertiary/aromatic N) is 1. The summed E-state index contributed by atoms with van der Waals surface area (Å²) in [6.07, 6.45) is 0. The molecule has 0 aromatic heterocycles. The number of nitrogens with one attached hydrogen (secondary N) is 1. The second-order valence-electron chi connectivity index (χ2n) is 9.23. The Hall–Kier alpha value is -3.48. The maximum absolute atomic E-state index is 14.0. The fourth-order valence-electron chi connectivity index (χ4n) is 5.02. The first-order valence-corrected chi connectivity index (χ1v) is 11.8. The Morgan fingerprint density at radius 2 is 1.43 bits per heavy atom. The molecule has 1 N–H and O–H groups in total. The van der Waals surface area contributed by atoms with Gasteiger partial charge in [0.2, 0.25) is 5.91 Å². The lowest BCUT2D eigenvalue weighted by Gasteiger charge is -2.40. The molecule has 0 aliphatic carbocycles. The summed E-state index contributed by atoms with van der Waals surface area (Å²) in [6, 6.07) is 27.7. The Bertz CT molecular complexity index is 1110. The Kier molecular flexibility index (Phi) is 7.05. The summed E-state index contributed by atoms with van der Waals surface area (Å²) in [5.41, 5.74) is 0.133. The van der Waals surface area contributed by atoms with Crippen LogP contribution in [-0.2, 0) is 24.6 Å². The van der Waals surface area contributed by atoms with Crippen molar-refractivity contribution in [2.75, 3.05) is 13.7 Å². The summed E-state index contributed by atoms with van der Waals surface area (Å²) >= 11 is 0. The summed E-state index contributed by atoms with van der Waals surface area (Å²) in [5, 5.41) is 3.09. The van der Waals surface area contributed by atoms with Gasteiger partial charge >= 0.3 is 5.97 Å². The normalized spacial score (nSPS) is 18.6. The molecule has 3 aromatic carbocycles. The summed E-state index contributed by atoms with van der Waals surface area (Å²) < 4.78 is 11.4. The third-order valence-electron chi connectivity index (χ3n) is 6.75. The molecule has 0 unspecified atom stereocenters. The number of esters is 1. The van der Waals surface area contributed by atoms with Gasteiger partial charge in [0.05, 0.1) is 25.8 Å². The zero-order chi connectivity index (χ0) is 25.1. The third kappa shape index (κ3) is 4.59. The van der Waals surface area contributed by atoms with Crippen LogP contribution in [-0.4, -0.2) is 42.3 Å². The minimum Gasteiger partial charge on any atom is -0.467 e. The van der Waals surface area contributed by atoms with E-state index in [4.69, 9.17) is 9.47 Å². The molecule has 1 fully saturated rings. The van der Waals surface area contributed by atoms with E-state index in [9.17, 15) is 9.59 Å². The minimum absolute atomic E-state index is 0.104. The van der Waals surface area contributed by atoms with Crippen LogP contribution >= 0.6 is 0 Å². The van der Waals surface area contributed by atoms with Gasteiger partial charge in [-0.3, -0.25) is 9.69 Å². The second kappa shape index (κ2) is 10.0. The van der Waals surface area contributed by atoms with Crippen LogP contribution in [0, 0.1) is 0 Å². The molecular formula is C29H32N2O4. The first-order chi connectivity index (χ1) is 16.8. The van der Waals surface area contributed by atoms with Crippen molar-refractivity contribution >= 4 is 11.9 Å². The van der Waals surface area contributed by atoms with Gasteiger partial charge in [0.25, 0.3) is 0 Å². The molecular weight excluding hydrogens is 440 g/mol. The number of carbonyl (C=O) groups excluding carboxylic acids is 2. The van der Waals surface area contributed by atoms with Crippen molar-refractivity contribution in [3.8, 4) is 0 Å². The average molecular weight is 473 g/mol. The predicted octanol–water partition coefficient (Wildman–Crippen LogP) is 4.42. The molecule has 0 bridgehead atoms. The molecule has 1 aliphatic heterocycles. The van der Waals surface area contributed by atoms with Gasteiger partial charge in [-0.05, 0) is 37.5 Å². The van der Waals surface area contributed by atoms with Crippen molar-refractivity contribution in [2.45, 2.75) is 44.1 Å². The largest absolute Gasteiger partial charge is 0.467 e. The number of benzene rings is 3. The highest BCUT2D eigenvalue weighted by atomic mass is 16.5. The number of ether oxygens (including phenoxy) is 2. The van der Waals surface area contributed by atoms with Gasteiger partial charge < -0.3 is 14.8 Å². The van der Waals surface area contributed by atoms with Crippen molar-refractivity contribution in [1.82, 2.24) is 10.2 Å². The van der Waals surface area contributed by atoms with E-state index in [1.165, 1.54) is 7.11 Å². The molecule has 4 rings (SSSR count). The van der Waals surface area contributed by atoms with E-state index in [2.05, 4.69) is 10.2 Å². The highest BCUT2D eigenvalue weighted by molar-refractivity contribution is 5.94. The molecule has 0 spiro atoms. The van der Waals surface area contributed by atoms with E-state index in [1.54, 1.807) is 0 Å². The Morgan fingerprint density at radius 3 is 1.91 bits per heavy atom. The molecule has 1 saturated heterocycles. The van der Waals surface area contributed by atoms with Crippen molar-refractivity contribution in [3.05, 3.63) is 108 Å². The van der Waals surface area contributed by atoms with Gasteiger partial charge in [-0.25, -0.2) is 4.79 Å². The van der Waals surface area contributed by atoms with Crippen LogP contribution < -0.4 is 5.32 Å². The van der Waals surface area contributed by atoms with Gasteiger partial charge in [0.1, 0.15) is 5.72 Å². The summed E-state index contributed by atoms with van der Waals surface area (Å²) in [4.78, 5) is 29.5. The second-order valence-corrected chi connectivity index (χ2v) is 9.23. The zero-order valence-electron chi connectivity index (χ0n) is 20.6. The number of rotatable bonds is 7. The van der Waals surface area contributed by atoms with Gasteiger partial charge in [-0.15, -0.1) is 0 Å². The number of carbonyl (C=O) groups is 2. The molecule has 1 amide bonds. The molecule has 2 atom stereocenters. The van der Waals surface area contributed by atoms with Crippen LogP contribution in [0.5, 0.6) is 0 Å². The van der Waals surface area contributed by atoms with E-state index in [-0.39, 0.29) is 11.9 Å². The highest BCUT2D eigenvalue weighted by Crippen LogP contribution is 2.39. The third-order valence-corrected chi connectivity index (χ3v) is 6.75.